The summed E-state index contributed by atoms with van der Waals surface area (Å²) in [5.74, 6) is -4.12. The lowest BCUT2D eigenvalue weighted by atomic mass is 10.1. The molecule has 0 bridgehead atoms. The van der Waals surface area contributed by atoms with E-state index in [9.17, 15) is 27.2 Å². The number of ether oxygens (including phenoxy) is 1. The van der Waals surface area contributed by atoms with Gasteiger partial charge in [-0.25, -0.2) is 9.37 Å². The van der Waals surface area contributed by atoms with Gasteiger partial charge in [-0.15, -0.1) is 0 Å². The first-order chi connectivity index (χ1) is 15.0. The Balaban J connectivity index is 2.03. The van der Waals surface area contributed by atoms with Crippen LogP contribution in [0.25, 0.3) is 0 Å². The Bertz CT molecular complexity index is 1200. The molecular formula is C21H14ClF4N3O3. The van der Waals surface area contributed by atoms with Gasteiger partial charge in [0, 0.05) is 5.02 Å². The number of aryl methyl sites for hydroxylation is 1. The number of alkyl halides is 3. The van der Waals surface area contributed by atoms with Crippen molar-refractivity contribution in [2.75, 3.05) is 5.32 Å². The van der Waals surface area contributed by atoms with Gasteiger partial charge in [-0.05, 0) is 55.0 Å². The zero-order valence-corrected chi connectivity index (χ0v) is 17.0. The Morgan fingerprint density at radius 1 is 1.09 bits per heavy atom. The fraction of sp³-hybridized carbons (Fsp3) is 0.0952. The third-order valence-corrected chi connectivity index (χ3v) is 4.50. The first-order valence-corrected chi connectivity index (χ1v) is 9.26. The van der Waals surface area contributed by atoms with Gasteiger partial charge >= 0.3 is 6.18 Å². The summed E-state index contributed by atoms with van der Waals surface area (Å²) in [6.07, 6.45) is -3.99. The molecule has 0 spiro atoms. The van der Waals surface area contributed by atoms with E-state index in [1.165, 1.54) is 30.3 Å². The predicted octanol–water partition coefficient (Wildman–Crippen LogP) is 5.34. The van der Waals surface area contributed by atoms with Crippen molar-refractivity contribution in [3.05, 3.63) is 81.9 Å². The number of carbonyl (C=O) groups is 2. The molecule has 0 radical (unpaired) electrons. The van der Waals surface area contributed by atoms with Crippen LogP contribution in [0.1, 0.15) is 32.0 Å². The second-order valence-electron chi connectivity index (χ2n) is 6.56. The van der Waals surface area contributed by atoms with Crippen molar-refractivity contribution >= 4 is 29.1 Å². The summed E-state index contributed by atoms with van der Waals surface area (Å²) in [4.78, 5) is 27.5. The summed E-state index contributed by atoms with van der Waals surface area (Å²) in [5.41, 5.74) is 2.88. The van der Waals surface area contributed by atoms with Crippen LogP contribution >= 0.6 is 11.6 Å². The average molecular weight is 468 g/mol. The molecule has 11 heteroatoms. The van der Waals surface area contributed by atoms with E-state index in [1.54, 1.807) is 6.92 Å². The van der Waals surface area contributed by atoms with Crippen molar-refractivity contribution in [3.8, 4) is 11.5 Å². The molecule has 0 unspecified atom stereocenters. The highest BCUT2D eigenvalue weighted by Crippen LogP contribution is 2.38. The minimum absolute atomic E-state index is 0.00886. The van der Waals surface area contributed by atoms with Gasteiger partial charge in [0.05, 0.1) is 17.4 Å². The number of hydrogen-bond donors (Lipinski definition) is 2. The largest absolute Gasteiger partial charge is 0.456 e. The van der Waals surface area contributed by atoms with Gasteiger partial charge in [-0.1, -0.05) is 11.6 Å². The number of hydrogen-bond acceptors (Lipinski definition) is 4. The lowest BCUT2D eigenvalue weighted by molar-refractivity contribution is -0.140. The van der Waals surface area contributed by atoms with Crippen molar-refractivity contribution in [2.24, 2.45) is 5.73 Å². The van der Waals surface area contributed by atoms with Crippen LogP contribution in [0.2, 0.25) is 5.02 Å². The number of carbonyl (C=O) groups excluding carboxylic acids is 2. The first kappa shape index (κ1) is 23.0. The molecule has 3 aromatic rings. The van der Waals surface area contributed by atoms with Crippen LogP contribution in [-0.4, -0.2) is 16.8 Å². The van der Waals surface area contributed by atoms with Gasteiger partial charge in [0.25, 0.3) is 11.8 Å². The molecule has 0 fully saturated rings. The molecule has 166 valence electrons. The van der Waals surface area contributed by atoms with Crippen molar-refractivity contribution in [1.82, 2.24) is 4.98 Å². The molecule has 0 saturated carbocycles. The number of nitrogens with one attached hydrogen (secondary N) is 1. The van der Waals surface area contributed by atoms with Crippen LogP contribution < -0.4 is 15.8 Å². The Kier molecular flexibility index (Phi) is 6.35. The Morgan fingerprint density at radius 2 is 1.78 bits per heavy atom. The van der Waals surface area contributed by atoms with Gasteiger partial charge in [0.1, 0.15) is 22.8 Å². The van der Waals surface area contributed by atoms with Crippen molar-refractivity contribution in [2.45, 2.75) is 13.1 Å². The van der Waals surface area contributed by atoms with Crippen molar-refractivity contribution in [3.63, 3.8) is 0 Å². The number of anilines is 1. The zero-order chi connectivity index (χ0) is 23.6. The smallest absolute Gasteiger partial charge is 0.419 e. The topological polar surface area (TPSA) is 94.3 Å². The van der Waals surface area contributed by atoms with Gasteiger partial charge in [0.2, 0.25) is 0 Å². The van der Waals surface area contributed by atoms with Gasteiger partial charge in [-0.3, -0.25) is 9.59 Å². The monoisotopic (exact) mass is 467 g/mol. The molecule has 0 aliphatic heterocycles. The van der Waals surface area contributed by atoms with Gasteiger partial charge in [-0.2, -0.15) is 13.2 Å². The minimum atomic E-state index is -5.04. The van der Waals surface area contributed by atoms with Crippen LogP contribution in [0.3, 0.4) is 0 Å². The molecule has 1 aromatic heterocycles. The molecule has 3 rings (SSSR count). The van der Waals surface area contributed by atoms with E-state index in [4.69, 9.17) is 22.1 Å². The third-order valence-electron chi connectivity index (χ3n) is 4.27. The third kappa shape index (κ3) is 4.97. The fourth-order valence-corrected chi connectivity index (χ4v) is 2.95. The Morgan fingerprint density at radius 3 is 2.34 bits per heavy atom. The molecule has 0 aliphatic rings. The number of benzene rings is 2. The zero-order valence-electron chi connectivity index (χ0n) is 16.3. The lowest BCUT2D eigenvalue weighted by Crippen LogP contribution is -2.19. The van der Waals surface area contributed by atoms with Gasteiger partial charge in [0.15, 0.2) is 5.82 Å². The summed E-state index contributed by atoms with van der Waals surface area (Å²) in [6.45, 7) is 1.62. The summed E-state index contributed by atoms with van der Waals surface area (Å²) in [6, 6.07) is 8.19. The number of aromatic nitrogens is 1. The number of amides is 2. The highest BCUT2D eigenvalue weighted by atomic mass is 35.5. The second kappa shape index (κ2) is 8.83. The van der Waals surface area contributed by atoms with E-state index in [1.807, 2.05) is 0 Å². The number of primary amides is 1. The van der Waals surface area contributed by atoms with Crippen LogP contribution in [0.5, 0.6) is 11.5 Å². The van der Waals surface area contributed by atoms with E-state index in [2.05, 4.69) is 10.3 Å². The summed E-state index contributed by atoms with van der Waals surface area (Å²) < 4.78 is 60.1. The summed E-state index contributed by atoms with van der Waals surface area (Å²) in [7, 11) is 0. The molecule has 2 amide bonds. The fourth-order valence-electron chi connectivity index (χ4n) is 2.73. The Labute approximate surface area is 184 Å². The predicted molar refractivity (Wildman–Crippen MR) is 108 cm³/mol. The SMILES string of the molecule is Cc1cc(Cl)ccc1Oc1ccc(C(F)(F)F)c(F)c1C(=O)Nc1ccc(C(N)=O)nc1. The second-order valence-corrected chi connectivity index (χ2v) is 7.00. The number of halogens is 5. The maximum Gasteiger partial charge on any atom is 0.419 e. The molecule has 0 aliphatic carbocycles. The lowest BCUT2D eigenvalue weighted by Gasteiger charge is -2.17. The molecule has 32 heavy (non-hydrogen) atoms. The highest BCUT2D eigenvalue weighted by Gasteiger charge is 2.37. The normalized spacial score (nSPS) is 11.2. The minimum Gasteiger partial charge on any atom is -0.456 e. The molecule has 6 nitrogen and oxygen atoms in total. The molecule has 0 atom stereocenters. The van der Waals surface area contributed by atoms with E-state index in [0.29, 0.717) is 16.7 Å². The first-order valence-electron chi connectivity index (χ1n) is 8.88. The highest BCUT2D eigenvalue weighted by molar-refractivity contribution is 6.30. The summed E-state index contributed by atoms with van der Waals surface area (Å²) in [5, 5.41) is 2.62. The number of nitrogens with zero attached hydrogens (tertiary/aromatic N) is 1. The van der Waals surface area contributed by atoms with E-state index < -0.39 is 40.7 Å². The van der Waals surface area contributed by atoms with E-state index in [-0.39, 0.29) is 17.1 Å². The number of rotatable bonds is 5. The van der Waals surface area contributed by atoms with Crippen molar-refractivity contribution in [1.29, 1.82) is 0 Å². The number of nitrogens with two attached hydrogens (primary N) is 1. The quantitative estimate of drug-likeness (QED) is 0.495. The van der Waals surface area contributed by atoms with Gasteiger partial charge < -0.3 is 15.8 Å². The van der Waals surface area contributed by atoms with Crippen LogP contribution in [0.15, 0.2) is 48.7 Å². The average Bonchev–Trinajstić information content (AvgIpc) is 2.69. The molecule has 0 saturated heterocycles. The van der Waals surface area contributed by atoms with E-state index in [0.717, 1.165) is 12.3 Å². The van der Waals surface area contributed by atoms with Crippen LogP contribution in [0.4, 0.5) is 23.2 Å². The van der Waals surface area contributed by atoms with Crippen molar-refractivity contribution < 1.29 is 31.9 Å². The maximum atomic E-state index is 14.9. The number of pyridine rings is 1. The maximum absolute atomic E-state index is 14.9. The molecule has 3 N–H and O–H groups in total. The molecular weight excluding hydrogens is 454 g/mol. The van der Waals surface area contributed by atoms with Crippen LogP contribution in [-0.2, 0) is 6.18 Å². The van der Waals surface area contributed by atoms with E-state index >= 15 is 0 Å². The Hall–Kier alpha value is -3.66. The summed E-state index contributed by atoms with van der Waals surface area (Å²) >= 11 is 5.88. The van der Waals surface area contributed by atoms with Crippen LogP contribution in [0, 0.1) is 12.7 Å². The molecule has 2 aromatic carbocycles. The molecule has 1 heterocycles. The standard InChI is InChI=1S/C21H14ClF4N3O3/c1-10-8-11(22)2-6-15(10)32-16-7-4-13(21(24,25)26)18(23)17(16)20(31)29-12-3-5-14(19(27)30)28-9-12/h2-9H,1H3,(H2,27,30)(H,29,31).